The minimum absolute atomic E-state index is 0. The highest BCUT2D eigenvalue weighted by Crippen LogP contribution is 2.32. The van der Waals surface area contributed by atoms with E-state index in [2.05, 4.69) is 27.5 Å². The summed E-state index contributed by atoms with van der Waals surface area (Å²) in [5.74, 6) is 0. The lowest BCUT2D eigenvalue weighted by Gasteiger charge is -2.26. The number of hydrogen-bond acceptors (Lipinski definition) is 5. The first-order valence-corrected chi connectivity index (χ1v) is 7.56. The van der Waals surface area contributed by atoms with Crippen molar-refractivity contribution in [1.82, 2.24) is 15.2 Å². The fourth-order valence-corrected chi connectivity index (χ4v) is 3.58. The van der Waals surface area contributed by atoms with Crippen molar-refractivity contribution in [1.29, 1.82) is 0 Å². The van der Waals surface area contributed by atoms with E-state index in [9.17, 15) is 0 Å². The van der Waals surface area contributed by atoms with E-state index in [-0.39, 0.29) is 24.8 Å². The number of aryl methyl sites for hydroxylation is 1. The van der Waals surface area contributed by atoms with Crippen molar-refractivity contribution in [3.63, 3.8) is 0 Å². The smallest absolute Gasteiger partial charge is 0.0897 e. The second-order valence-corrected chi connectivity index (χ2v) is 6.61. The molecule has 20 heavy (non-hydrogen) atoms. The molecule has 2 aliphatic rings. The lowest BCUT2D eigenvalue weighted by Crippen LogP contribution is -2.38. The Morgan fingerprint density at radius 3 is 3.10 bits per heavy atom. The molecule has 3 rings (SSSR count). The van der Waals surface area contributed by atoms with Crippen LogP contribution in [0.15, 0.2) is 5.38 Å². The third kappa shape index (κ3) is 4.29. The first-order chi connectivity index (χ1) is 8.76. The van der Waals surface area contributed by atoms with Crippen molar-refractivity contribution < 1.29 is 4.74 Å². The molecule has 116 valence electrons. The summed E-state index contributed by atoms with van der Waals surface area (Å²) in [5.41, 5.74) is 1.55. The lowest BCUT2D eigenvalue weighted by atomic mass is 9.88. The van der Waals surface area contributed by atoms with Crippen LogP contribution in [0.1, 0.15) is 17.1 Å². The van der Waals surface area contributed by atoms with Crippen LogP contribution in [0.3, 0.4) is 0 Å². The van der Waals surface area contributed by atoms with Crippen LogP contribution >= 0.6 is 36.2 Å². The highest BCUT2D eigenvalue weighted by molar-refractivity contribution is 7.09. The normalized spacial score (nSPS) is 26.9. The molecule has 0 saturated carbocycles. The van der Waals surface area contributed by atoms with E-state index in [1.54, 1.807) is 11.3 Å². The molecule has 2 fully saturated rings. The van der Waals surface area contributed by atoms with Crippen molar-refractivity contribution >= 4 is 36.2 Å². The number of hydrogen-bond donors (Lipinski definition) is 1. The molecule has 1 unspecified atom stereocenters. The Labute approximate surface area is 137 Å². The number of halogens is 2. The first-order valence-electron chi connectivity index (χ1n) is 6.68. The Hall–Kier alpha value is 0.0900. The van der Waals surface area contributed by atoms with Crippen LogP contribution in [-0.4, -0.2) is 49.3 Å². The molecular formula is C13H23Cl2N3OS. The van der Waals surface area contributed by atoms with Crippen molar-refractivity contribution in [3.8, 4) is 0 Å². The number of ether oxygens (including phenoxy) is 1. The fourth-order valence-electron chi connectivity index (χ4n) is 2.97. The molecule has 0 aliphatic carbocycles. The van der Waals surface area contributed by atoms with Gasteiger partial charge in [-0.15, -0.1) is 36.2 Å². The van der Waals surface area contributed by atoms with Crippen LogP contribution < -0.4 is 5.32 Å². The van der Waals surface area contributed by atoms with Gasteiger partial charge in [0.25, 0.3) is 0 Å². The molecular weight excluding hydrogens is 317 g/mol. The van der Waals surface area contributed by atoms with Gasteiger partial charge < -0.3 is 10.1 Å². The van der Waals surface area contributed by atoms with Gasteiger partial charge in [0.05, 0.1) is 23.9 Å². The molecule has 0 aromatic carbocycles. The second kappa shape index (κ2) is 7.92. The topological polar surface area (TPSA) is 37.4 Å². The third-order valence-corrected chi connectivity index (χ3v) is 4.72. The molecule has 1 spiro atoms. The minimum atomic E-state index is 0. The third-order valence-electron chi connectivity index (χ3n) is 3.90. The van der Waals surface area contributed by atoms with Crippen LogP contribution in [0, 0.1) is 12.3 Å². The van der Waals surface area contributed by atoms with Gasteiger partial charge in [0.1, 0.15) is 0 Å². The molecule has 2 saturated heterocycles. The van der Waals surface area contributed by atoms with Gasteiger partial charge in [-0.25, -0.2) is 4.98 Å². The van der Waals surface area contributed by atoms with Crippen LogP contribution in [0.5, 0.6) is 0 Å². The number of likely N-dealkylation sites (tertiary alicyclic amines) is 1. The van der Waals surface area contributed by atoms with Crippen LogP contribution in [0.2, 0.25) is 0 Å². The molecule has 0 radical (unpaired) electrons. The molecule has 0 bridgehead atoms. The van der Waals surface area contributed by atoms with Crippen molar-refractivity contribution in [3.05, 3.63) is 16.1 Å². The molecule has 1 aromatic heterocycles. The van der Waals surface area contributed by atoms with E-state index in [4.69, 9.17) is 4.74 Å². The van der Waals surface area contributed by atoms with Gasteiger partial charge in [-0.05, 0) is 19.9 Å². The summed E-state index contributed by atoms with van der Waals surface area (Å²) in [5, 5.41) is 6.85. The Bertz CT molecular complexity index is 408. The zero-order valence-electron chi connectivity index (χ0n) is 11.8. The fraction of sp³-hybridized carbons (Fsp3) is 0.769. The first kappa shape index (κ1) is 18.1. The van der Waals surface area contributed by atoms with Crippen LogP contribution in [0.25, 0.3) is 0 Å². The largest absolute Gasteiger partial charge is 0.379 e. The van der Waals surface area contributed by atoms with Crippen molar-refractivity contribution in [2.45, 2.75) is 19.9 Å². The summed E-state index contributed by atoms with van der Waals surface area (Å²) in [6.07, 6.45) is 1.24. The van der Waals surface area contributed by atoms with Crippen LogP contribution in [-0.2, 0) is 11.3 Å². The molecule has 0 amide bonds. The van der Waals surface area contributed by atoms with Gasteiger partial charge in [-0.3, -0.25) is 4.90 Å². The van der Waals surface area contributed by atoms with Gasteiger partial charge in [-0.2, -0.15) is 0 Å². The number of thiazole rings is 1. The van der Waals surface area contributed by atoms with Crippen LogP contribution in [0.4, 0.5) is 0 Å². The Morgan fingerprint density at radius 2 is 2.35 bits per heavy atom. The number of aromatic nitrogens is 1. The van der Waals surface area contributed by atoms with E-state index < -0.39 is 0 Å². The molecule has 4 nitrogen and oxygen atoms in total. The van der Waals surface area contributed by atoms with E-state index in [1.165, 1.54) is 23.7 Å². The van der Waals surface area contributed by atoms with Gasteiger partial charge >= 0.3 is 0 Å². The summed E-state index contributed by atoms with van der Waals surface area (Å²) in [6.45, 7) is 9.22. The van der Waals surface area contributed by atoms with E-state index >= 15 is 0 Å². The van der Waals surface area contributed by atoms with Gasteiger partial charge in [-0.1, -0.05) is 0 Å². The SMILES string of the molecule is Cc1nc(CN2CCC3(CNCCOC3)C2)cs1.Cl.Cl. The summed E-state index contributed by atoms with van der Waals surface area (Å²) in [4.78, 5) is 7.07. The predicted molar refractivity (Wildman–Crippen MR) is 87.4 cm³/mol. The van der Waals surface area contributed by atoms with E-state index in [0.717, 1.165) is 39.4 Å². The Balaban J connectivity index is 0.000001000. The summed E-state index contributed by atoms with van der Waals surface area (Å²) in [7, 11) is 0. The molecule has 3 heterocycles. The maximum atomic E-state index is 5.73. The number of nitrogens with one attached hydrogen (secondary N) is 1. The Morgan fingerprint density at radius 1 is 1.50 bits per heavy atom. The summed E-state index contributed by atoms with van der Waals surface area (Å²) >= 11 is 1.74. The van der Waals surface area contributed by atoms with Crippen molar-refractivity contribution in [2.75, 3.05) is 39.4 Å². The lowest BCUT2D eigenvalue weighted by molar-refractivity contribution is 0.0727. The zero-order valence-corrected chi connectivity index (χ0v) is 14.2. The number of nitrogens with zero attached hydrogens (tertiary/aromatic N) is 2. The van der Waals surface area contributed by atoms with Gasteiger partial charge in [0.2, 0.25) is 0 Å². The Kier molecular flexibility index (Phi) is 7.18. The monoisotopic (exact) mass is 339 g/mol. The average Bonchev–Trinajstić information content (AvgIpc) is 2.83. The molecule has 1 aromatic rings. The summed E-state index contributed by atoms with van der Waals surface area (Å²) in [6, 6.07) is 0. The predicted octanol–water partition coefficient (Wildman–Crippen LogP) is 2.11. The molecule has 2 aliphatic heterocycles. The van der Waals surface area contributed by atoms with E-state index in [1.807, 2.05) is 0 Å². The quantitative estimate of drug-likeness (QED) is 0.895. The second-order valence-electron chi connectivity index (χ2n) is 5.55. The summed E-state index contributed by atoms with van der Waals surface area (Å²) < 4.78 is 5.73. The maximum Gasteiger partial charge on any atom is 0.0897 e. The maximum absolute atomic E-state index is 5.73. The van der Waals surface area contributed by atoms with Crippen molar-refractivity contribution in [2.24, 2.45) is 5.41 Å². The van der Waals surface area contributed by atoms with Gasteiger partial charge in [0.15, 0.2) is 0 Å². The average molecular weight is 340 g/mol. The highest BCUT2D eigenvalue weighted by atomic mass is 35.5. The molecule has 1 N–H and O–H groups in total. The molecule has 7 heteroatoms. The minimum Gasteiger partial charge on any atom is -0.379 e. The standard InChI is InChI=1S/C13H21N3OS.2ClH/c1-11-15-12(7-18-11)6-16-4-2-13(9-16)8-14-3-5-17-10-13;;/h7,14H,2-6,8-10H2,1H3;2*1H. The number of rotatable bonds is 2. The van der Waals surface area contributed by atoms with Gasteiger partial charge in [0, 0.05) is 37.0 Å². The molecule has 1 atom stereocenters. The van der Waals surface area contributed by atoms with E-state index in [0.29, 0.717) is 5.41 Å². The highest BCUT2D eigenvalue weighted by Gasteiger charge is 2.39. The zero-order chi connectivity index (χ0) is 12.4.